The second-order valence-corrected chi connectivity index (χ2v) is 21.7. The van der Waals surface area contributed by atoms with Gasteiger partial charge in [-0.15, -0.1) is 0 Å². The molecule has 358 valence electrons. The molecule has 5 aliphatic rings. The molecule has 5 unspecified atom stereocenters. The molecule has 0 amide bonds. The lowest BCUT2D eigenvalue weighted by Gasteiger charge is -2.57. The molecule has 0 spiro atoms. The van der Waals surface area contributed by atoms with Crippen molar-refractivity contribution < 1.29 is 23.7 Å². The van der Waals surface area contributed by atoms with E-state index in [2.05, 4.69) is 58.1 Å². The summed E-state index contributed by atoms with van der Waals surface area (Å²) in [4.78, 5) is 0. The largest absolute Gasteiger partial charge is 0.384 e. The Balaban J connectivity index is 0.912. The third-order valence-electron chi connectivity index (χ3n) is 16.8. The average Bonchev–Trinajstić information content (AvgIpc) is 3.90. The number of unbranched alkanes of at least 4 members (excludes halogenated alkanes) is 10. The normalized spacial score (nSPS) is 30.3. The number of methoxy groups -OCH3 is 1. The monoisotopic (exact) mass is 865 g/mol. The Bertz CT molecular complexity index is 1240. The van der Waals surface area contributed by atoms with Crippen molar-refractivity contribution in [1.29, 1.82) is 0 Å². The molecule has 0 heterocycles. The molecule has 0 N–H and O–H groups in total. The lowest BCUT2D eigenvalue weighted by molar-refractivity contribution is -0.0666. The van der Waals surface area contributed by atoms with E-state index in [1.165, 1.54) is 154 Å². The van der Waals surface area contributed by atoms with E-state index in [4.69, 9.17) is 23.7 Å². The summed E-state index contributed by atoms with van der Waals surface area (Å²) in [6, 6.07) is 0. The Morgan fingerprint density at radius 2 is 1.48 bits per heavy atom. The van der Waals surface area contributed by atoms with Gasteiger partial charge in [-0.25, -0.2) is 0 Å². The van der Waals surface area contributed by atoms with Crippen molar-refractivity contribution in [3.8, 4) is 0 Å². The molecule has 4 saturated carbocycles. The summed E-state index contributed by atoms with van der Waals surface area (Å²) in [5.41, 5.74) is 2.25. The summed E-state index contributed by atoms with van der Waals surface area (Å²) in [7, 11) is 1.85. The van der Waals surface area contributed by atoms with Crippen LogP contribution in [0, 0.1) is 52.8 Å². The molecular weight excluding hydrogens is 765 g/mol. The number of allylic oxidation sites excluding steroid dienone is 5. The Morgan fingerprint density at radius 3 is 2.29 bits per heavy atom. The maximum atomic E-state index is 6.50. The lowest BCUT2D eigenvalue weighted by Crippen LogP contribution is -2.49. The highest BCUT2D eigenvalue weighted by Gasteiger charge is 2.55. The fourth-order valence-corrected chi connectivity index (χ4v) is 13.4. The molecule has 10 atom stereocenters. The zero-order valence-corrected chi connectivity index (χ0v) is 41.5. The summed E-state index contributed by atoms with van der Waals surface area (Å²) in [6.07, 6.45) is 49.6. The minimum atomic E-state index is 0.132. The first-order valence-corrected chi connectivity index (χ1v) is 27.3. The zero-order valence-electron chi connectivity index (χ0n) is 41.5. The van der Waals surface area contributed by atoms with Crippen molar-refractivity contribution >= 4 is 0 Å². The van der Waals surface area contributed by atoms with Crippen LogP contribution in [0.4, 0.5) is 0 Å². The van der Waals surface area contributed by atoms with Crippen LogP contribution in [0.15, 0.2) is 36.0 Å². The smallest absolute Gasteiger partial charge is 0.0812 e. The number of ether oxygens (including phenoxy) is 5. The van der Waals surface area contributed by atoms with Crippen LogP contribution in [-0.2, 0) is 23.7 Å². The van der Waals surface area contributed by atoms with E-state index >= 15 is 0 Å². The van der Waals surface area contributed by atoms with Gasteiger partial charge in [0.15, 0.2) is 0 Å². The van der Waals surface area contributed by atoms with Gasteiger partial charge < -0.3 is 23.7 Å². The van der Waals surface area contributed by atoms with Crippen molar-refractivity contribution in [1.82, 2.24) is 0 Å². The Labute approximate surface area is 384 Å². The molecule has 5 aliphatic carbocycles. The van der Waals surface area contributed by atoms with Crippen LogP contribution in [0.2, 0.25) is 0 Å². The Kier molecular flexibility index (Phi) is 25.4. The van der Waals surface area contributed by atoms with Crippen LogP contribution in [0.1, 0.15) is 207 Å². The molecule has 4 fully saturated rings. The zero-order chi connectivity index (χ0) is 43.7. The molecule has 5 heteroatoms. The highest BCUT2D eigenvalue weighted by Crippen LogP contribution is 2.64. The molecule has 0 aromatic rings. The fourth-order valence-electron chi connectivity index (χ4n) is 13.4. The van der Waals surface area contributed by atoms with Crippen LogP contribution >= 0.6 is 0 Å². The lowest BCUT2D eigenvalue weighted by atomic mass is 9.48. The van der Waals surface area contributed by atoms with Gasteiger partial charge in [0.1, 0.15) is 0 Å². The summed E-state index contributed by atoms with van der Waals surface area (Å²) < 4.78 is 30.9. The number of hydrogen-bond acceptors (Lipinski definition) is 5. The van der Waals surface area contributed by atoms with Crippen LogP contribution in [0.25, 0.3) is 0 Å². The molecule has 0 bridgehead atoms. The first-order chi connectivity index (χ1) is 30.4. The molecule has 62 heavy (non-hydrogen) atoms. The highest BCUT2D eigenvalue weighted by molar-refractivity contribution is 5.22. The van der Waals surface area contributed by atoms with Crippen molar-refractivity contribution in [2.75, 3.05) is 53.4 Å². The van der Waals surface area contributed by atoms with Crippen LogP contribution in [-0.4, -0.2) is 65.6 Å². The van der Waals surface area contributed by atoms with Gasteiger partial charge in [0.05, 0.1) is 45.2 Å². The van der Waals surface area contributed by atoms with Crippen molar-refractivity contribution in [2.24, 2.45) is 52.8 Å². The first-order valence-electron chi connectivity index (χ1n) is 27.3. The average molecular weight is 865 g/mol. The molecular formula is C57H100O5. The van der Waals surface area contributed by atoms with Gasteiger partial charge in [-0.3, -0.25) is 0 Å². The van der Waals surface area contributed by atoms with Crippen LogP contribution in [0.3, 0.4) is 0 Å². The maximum absolute atomic E-state index is 6.50. The van der Waals surface area contributed by atoms with Crippen molar-refractivity contribution in [3.05, 3.63) is 36.0 Å². The van der Waals surface area contributed by atoms with E-state index in [1.54, 1.807) is 5.57 Å². The van der Waals surface area contributed by atoms with Crippen LogP contribution in [0.5, 0.6) is 0 Å². The third-order valence-corrected chi connectivity index (χ3v) is 16.8. The predicted octanol–water partition coefficient (Wildman–Crippen LogP) is 15.5. The summed E-state index contributed by atoms with van der Waals surface area (Å²) in [5.74, 6) is 6.90. The minimum Gasteiger partial charge on any atom is -0.384 e. The van der Waals surface area contributed by atoms with Gasteiger partial charge in [0.2, 0.25) is 0 Å². The van der Waals surface area contributed by atoms with Gasteiger partial charge >= 0.3 is 0 Å². The van der Waals surface area contributed by atoms with Gasteiger partial charge in [-0.2, -0.15) is 0 Å². The van der Waals surface area contributed by atoms with E-state index < -0.39 is 0 Å². The first kappa shape index (κ1) is 52.0. The van der Waals surface area contributed by atoms with E-state index in [0.717, 1.165) is 74.4 Å². The second kappa shape index (κ2) is 30.3. The SMILES string of the molecule is CCCCC/C=C\C/C=C\CCCCCCCCOCC(CC1CCC[C@@H]1COC)OCCOCCO[C@H]1CCC2C(=CC[C@H]3C4CC[C@H](CCCCC(C)C)C4CC[C@]23C)C1. The third kappa shape index (κ3) is 17.7. The standard InChI is InChI=1S/C57H100O5/c1-6-7-8-9-10-11-12-13-14-15-16-17-18-19-20-23-37-60-45-52(42-48-27-24-28-50(48)44-58-5)62-41-39-59-38-40-61-51-31-34-55-49(43-51)30-33-56-54-32-29-47(26-22-21-25-46(2)3)53(54)35-36-57(55,56)4/h10-11,13-14,30,46-48,50-56H,6-9,12,15-29,31-45H2,1-5H3/b11-10-,14-13-/t47-,48?,50+,51-,52?,53?,54?,55?,56-,57+/m0/s1. The van der Waals surface area contributed by atoms with Crippen molar-refractivity contribution in [2.45, 2.75) is 220 Å². The van der Waals surface area contributed by atoms with E-state index in [-0.39, 0.29) is 6.10 Å². The molecule has 0 radical (unpaired) electrons. The quantitative estimate of drug-likeness (QED) is 0.0476. The van der Waals surface area contributed by atoms with Gasteiger partial charge in [0, 0.05) is 20.3 Å². The molecule has 5 nitrogen and oxygen atoms in total. The van der Waals surface area contributed by atoms with Gasteiger partial charge in [0.25, 0.3) is 0 Å². The van der Waals surface area contributed by atoms with Gasteiger partial charge in [-0.1, -0.05) is 134 Å². The summed E-state index contributed by atoms with van der Waals surface area (Å²) in [5, 5.41) is 0. The number of hydrogen-bond donors (Lipinski definition) is 0. The predicted molar refractivity (Wildman–Crippen MR) is 262 cm³/mol. The van der Waals surface area contributed by atoms with Crippen LogP contribution < -0.4 is 0 Å². The fraction of sp³-hybridized carbons (Fsp3) is 0.895. The molecule has 0 saturated heterocycles. The number of rotatable bonds is 34. The van der Waals surface area contributed by atoms with E-state index in [1.807, 2.05) is 7.11 Å². The molecule has 5 rings (SSSR count). The highest BCUT2D eigenvalue weighted by atomic mass is 16.6. The Morgan fingerprint density at radius 1 is 0.710 bits per heavy atom. The summed E-state index contributed by atoms with van der Waals surface area (Å²) >= 11 is 0. The second-order valence-electron chi connectivity index (χ2n) is 21.7. The Hall–Kier alpha value is -0.980. The molecule has 0 aromatic heterocycles. The van der Waals surface area contributed by atoms with Crippen molar-refractivity contribution in [3.63, 3.8) is 0 Å². The number of fused-ring (bicyclic) bond motifs is 5. The van der Waals surface area contributed by atoms with E-state index in [9.17, 15) is 0 Å². The molecule has 0 aromatic carbocycles. The van der Waals surface area contributed by atoms with E-state index in [0.29, 0.717) is 56.4 Å². The minimum absolute atomic E-state index is 0.132. The molecule has 0 aliphatic heterocycles. The van der Waals surface area contributed by atoms with Gasteiger partial charge in [-0.05, 0) is 162 Å². The summed E-state index contributed by atoms with van der Waals surface area (Å²) in [6.45, 7) is 14.7. The topological polar surface area (TPSA) is 46.2 Å². The maximum Gasteiger partial charge on any atom is 0.0812 e.